The average Bonchev–Trinajstić information content (AvgIpc) is 2.66. The van der Waals surface area contributed by atoms with E-state index in [2.05, 4.69) is 18.8 Å². The van der Waals surface area contributed by atoms with Crippen LogP contribution in [0.15, 0.2) is 4.99 Å². The lowest BCUT2D eigenvalue weighted by Crippen LogP contribution is -2.23. The first-order chi connectivity index (χ1) is 6.27. The normalized spacial score (nSPS) is 20.1. The first-order valence-corrected chi connectivity index (χ1v) is 5.61. The summed E-state index contributed by atoms with van der Waals surface area (Å²) in [5.74, 6) is 1.52. The van der Waals surface area contributed by atoms with Crippen LogP contribution in [0.2, 0.25) is 0 Å². The van der Waals surface area contributed by atoms with Crippen molar-refractivity contribution in [3.8, 4) is 0 Å². The maximum Gasteiger partial charge on any atom is 0.0971 e. The zero-order chi connectivity index (χ0) is 9.68. The predicted octanol–water partition coefficient (Wildman–Crippen LogP) is 2.72. The molecule has 0 spiro atoms. The van der Waals surface area contributed by atoms with Gasteiger partial charge < -0.3 is 5.73 Å². The van der Waals surface area contributed by atoms with Crippen molar-refractivity contribution in [1.82, 2.24) is 0 Å². The second-order valence-corrected chi connectivity index (χ2v) is 4.01. The molecule has 0 unspecified atom stereocenters. The van der Waals surface area contributed by atoms with Gasteiger partial charge >= 0.3 is 0 Å². The maximum absolute atomic E-state index is 5.98. The first-order valence-electron chi connectivity index (χ1n) is 5.61. The molecule has 1 saturated carbocycles. The van der Waals surface area contributed by atoms with Crippen molar-refractivity contribution in [1.29, 1.82) is 0 Å². The molecule has 0 radical (unpaired) electrons. The number of aliphatic imine (C=N–C) groups is 1. The Labute approximate surface area is 81.6 Å². The standard InChI is InChI=1S/C11H22N2/c1-3-10(4-2)13-11(12)9-7-5-6-8-9/h9-10H,3-8H2,1-2H3,(H2,12,13). The molecule has 1 fully saturated rings. The average molecular weight is 182 g/mol. The van der Waals surface area contributed by atoms with Gasteiger partial charge in [-0.05, 0) is 25.7 Å². The SMILES string of the molecule is CCC(CC)N=C(N)C1CCCC1. The molecule has 0 atom stereocenters. The number of amidine groups is 1. The number of hydrogen-bond acceptors (Lipinski definition) is 1. The Kier molecular flexibility index (Phi) is 4.26. The van der Waals surface area contributed by atoms with Crippen molar-refractivity contribution < 1.29 is 0 Å². The molecule has 0 aromatic heterocycles. The quantitative estimate of drug-likeness (QED) is 0.527. The number of nitrogens with two attached hydrogens (primary N) is 1. The fourth-order valence-corrected chi connectivity index (χ4v) is 2.01. The molecule has 13 heavy (non-hydrogen) atoms. The largest absolute Gasteiger partial charge is 0.387 e. The van der Waals surface area contributed by atoms with Crippen LogP contribution in [0.1, 0.15) is 52.4 Å². The van der Waals surface area contributed by atoms with Gasteiger partial charge in [0.1, 0.15) is 0 Å². The second kappa shape index (κ2) is 5.25. The van der Waals surface area contributed by atoms with E-state index in [1.165, 1.54) is 25.7 Å². The van der Waals surface area contributed by atoms with E-state index in [0.717, 1.165) is 18.7 Å². The van der Waals surface area contributed by atoms with Gasteiger partial charge in [0.25, 0.3) is 0 Å². The zero-order valence-corrected chi connectivity index (χ0v) is 8.92. The highest BCUT2D eigenvalue weighted by molar-refractivity contribution is 5.83. The van der Waals surface area contributed by atoms with Gasteiger partial charge in [-0.1, -0.05) is 26.7 Å². The van der Waals surface area contributed by atoms with Crippen molar-refractivity contribution in [3.05, 3.63) is 0 Å². The topological polar surface area (TPSA) is 38.4 Å². The van der Waals surface area contributed by atoms with Gasteiger partial charge in [0, 0.05) is 5.92 Å². The lowest BCUT2D eigenvalue weighted by atomic mass is 10.1. The van der Waals surface area contributed by atoms with Gasteiger partial charge in [-0.3, -0.25) is 4.99 Å². The summed E-state index contributed by atoms with van der Waals surface area (Å²) < 4.78 is 0. The van der Waals surface area contributed by atoms with Crippen molar-refractivity contribution >= 4 is 5.84 Å². The van der Waals surface area contributed by atoms with Gasteiger partial charge in [0.05, 0.1) is 11.9 Å². The molecular weight excluding hydrogens is 160 g/mol. The van der Waals surface area contributed by atoms with Gasteiger partial charge in [0.15, 0.2) is 0 Å². The summed E-state index contributed by atoms with van der Waals surface area (Å²) >= 11 is 0. The van der Waals surface area contributed by atoms with Gasteiger partial charge in [0.2, 0.25) is 0 Å². The lowest BCUT2D eigenvalue weighted by molar-refractivity contribution is 0.615. The molecule has 0 amide bonds. The van der Waals surface area contributed by atoms with Crippen LogP contribution in [0.3, 0.4) is 0 Å². The molecule has 0 saturated heterocycles. The highest BCUT2D eigenvalue weighted by Gasteiger charge is 2.18. The highest BCUT2D eigenvalue weighted by Crippen LogP contribution is 2.25. The molecule has 1 rings (SSSR count). The Hall–Kier alpha value is -0.530. The van der Waals surface area contributed by atoms with Crippen molar-refractivity contribution in [2.24, 2.45) is 16.6 Å². The molecule has 76 valence electrons. The molecule has 1 aliphatic carbocycles. The molecule has 2 heteroatoms. The Morgan fingerprint density at radius 2 is 1.85 bits per heavy atom. The van der Waals surface area contributed by atoms with Crippen LogP contribution in [-0.4, -0.2) is 11.9 Å². The monoisotopic (exact) mass is 182 g/mol. The molecule has 0 bridgehead atoms. The number of nitrogens with zero attached hydrogens (tertiary/aromatic N) is 1. The molecule has 2 nitrogen and oxygen atoms in total. The van der Waals surface area contributed by atoms with E-state index in [9.17, 15) is 0 Å². The maximum atomic E-state index is 5.98. The van der Waals surface area contributed by atoms with E-state index < -0.39 is 0 Å². The summed E-state index contributed by atoms with van der Waals surface area (Å²) in [7, 11) is 0. The van der Waals surface area contributed by atoms with Crippen LogP contribution in [0.5, 0.6) is 0 Å². The summed E-state index contributed by atoms with van der Waals surface area (Å²) in [6.45, 7) is 4.36. The molecule has 2 N–H and O–H groups in total. The van der Waals surface area contributed by atoms with Gasteiger partial charge in [-0.25, -0.2) is 0 Å². The van der Waals surface area contributed by atoms with E-state index >= 15 is 0 Å². The fraction of sp³-hybridized carbons (Fsp3) is 0.909. The molecule has 0 aromatic rings. The zero-order valence-electron chi connectivity index (χ0n) is 8.92. The third-order valence-corrected chi connectivity index (χ3v) is 3.05. The summed E-state index contributed by atoms with van der Waals surface area (Å²) in [5, 5.41) is 0. The van der Waals surface area contributed by atoms with E-state index in [0.29, 0.717) is 12.0 Å². The molecule has 0 aromatic carbocycles. The van der Waals surface area contributed by atoms with Crippen LogP contribution < -0.4 is 5.73 Å². The Bertz CT molecular complexity index is 165. The first kappa shape index (κ1) is 10.6. The summed E-state index contributed by atoms with van der Waals surface area (Å²) in [6, 6.07) is 0.459. The van der Waals surface area contributed by atoms with Crippen molar-refractivity contribution in [2.75, 3.05) is 0 Å². The minimum absolute atomic E-state index is 0.459. The minimum Gasteiger partial charge on any atom is -0.387 e. The van der Waals surface area contributed by atoms with E-state index in [4.69, 9.17) is 5.73 Å². The fourth-order valence-electron chi connectivity index (χ4n) is 2.01. The predicted molar refractivity (Wildman–Crippen MR) is 58.0 cm³/mol. The third kappa shape index (κ3) is 3.02. The Morgan fingerprint density at radius 1 is 1.31 bits per heavy atom. The smallest absolute Gasteiger partial charge is 0.0971 e. The Morgan fingerprint density at radius 3 is 2.31 bits per heavy atom. The highest BCUT2D eigenvalue weighted by atomic mass is 14.9. The molecular formula is C11H22N2. The third-order valence-electron chi connectivity index (χ3n) is 3.05. The van der Waals surface area contributed by atoms with E-state index in [1.54, 1.807) is 0 Å². The lowest BCUT2D eigenvalue weighted by Gasteiger charge is -2.12. The summed E-state index contributed by atoms with van der Waals surface area (Å²) in [4.78, 5) is 4.59. The summed E-state index contributed by atoms with van der Waals surface area (Å²) in [5.41, 5.74) is 5.98. The van der Waals surface area contributed by atoms with Crippen LogP contribution in [0.4, 0.5) is 0 Å². The minimum atomic E-state index is 0.459. The van der Waals surface area contributed by atoms with E-state index in [-0.39, 0.29) is 0 Å². The van der Waals surface area contributed by atoms with Gasteiger partial charge in [-0.2, -0.15) is 0 Å². The summed E-state index contributed by atoms with van der Waals surface area (Å²) in [6.07, 6.45) is 7.42. The van der Waals surface area contributed by atoms with Crippen LogP contribution >= 0.6 is 0 Å². The molecule has 1 aliphatic rings. The molecule has 0 aliphatic heterocycles. The van der Waals surface area contributed by atoms with E-state index in [1.807, 2.05) is 0 Å². The van der Waals surface area contributed by atoms with Crippen LogP contribution in [-0.2, 0) is 0 Å². The van der Waals surface area contributed by atoms with Crippen LogP contribution in [0, 0.1) is 5.92 Å². The number of hydrogen-bond donors (Lipinski definition) is 1. The molecule has 0 heterocycles. The number of rotatable bonds is 4. The van der Waals surface area contributed by atoms with Crippen LogP contribution in [0.25, 0.3) is 0 Å². The second-order valence-electron chi connectivity index (χ2n) is 4.01. The van der Waals surface area contributed by atoms with Crippen molar-refractivity contribution in [2.45, 2.75) is 58.4 Å². The Balaban J connectivity index is 2.47. The van der Waals surface area contributed by atoms with Crippen molar-refractivity contribution in [3.63, 3.8) is 0 Å². The van der Waals surface area contributed by atoms with Gasteiger partial charge in [-0.15, -0.1) is 0 Å².